The Hall–Kier alpha value is -1.42. The van der Waals surface area contributed by atoms with Crippen LogP contribution >= 0.6 is 0 Å². The second kappa shape index (κ2) is 5.76. The van der Waals surface area contributed by atoms with Crippen molar-refractivity contribution in [1.29, 1.82) is 5.26 Å². The van der Waals surface area contributed by atoms with E-state index in [9.17, 15) is 8.42 Å². The van der Waals surface area contributed by atoms with E-state index in [4.69, 9.17) is 5.26 Å². The maximum Gasteiger partial charge on any atom is 0.243 e. The van der Waals surface area contributed by atoms with Crippen molar-refractivity contribution in [1.82, 2.24) is 9.62 Å². The number of sulfonamides is 1. The van der Waals surface area contributed by atoms with Crippen LogP contribution in [0.3, 0.4) is 0 Å². The fourth-order valence-electron chi connectivity index (χ4n) is 2.62. The maximum absolute atomic E-state index is 12.7. The Bertz CT molecular complexity index is 669. The molecule has 6 heteroatoms. The quantitative estimate of drug-likeness (QED) is 0.921. The van der Waals surface area contributed by atoms with Crippen molar-refractivity contribution in [2.24, 2.45) is 0 Å². The minimum atomic E-state index is -3.48. The number of nitrogens with one attached hydrogen (secondary N) is 1. The van der Waals surface area contributed by atoms with Gasteiger partial charge in [-0.15, -0.1) is 0 Å². The van der Waals surface area contributed by atoms with Gasteiger partial charge < -0.3 is 5.32 Å². The van der Waals surface area contributed by atoms with Crippen LogP contribution in [0.5, 0.6) is 0 Å². The molecule has 1 aliphatic heterocycles. The van der Waals surface area contributed by atoms with Gasteiger partial charge in [-0.3, -0.25) is 0 Å². The first-order chi connectivity index (χ1) is 9.82. The molecular weight excluding hydrogens is 286 g/mol. The summed E-state index contributed by atoms with van der Waals surface area (Å²) in [5, 5.41) is 12.1. The highest BCUT2D eigenvalue weighted by atomic mass is 32.2. The third-order valence-electron chi connectivity index (χ3n) is 4.35. The Morgan fingerprint density at radius 2 is 1.95 bits per heavy atom. The molecule has 0 aromatic heterocycles. The Balaban J connectivity index is 2.26. The standard InChI is InChI=1S/C15H21N3O2S/c1-12-10-13(11-16)4-5-14(12)21(19,20)18-8-6-15(2,17-3)7-9-18/h4-5,10,17H,6-9H2,1-3H3. The van der Waals surface area contributed by atoms with Crippen molar-refractivity contribution in [3.05, 3.63) is 29.3 Å². The van der Waals surface area contributed by atoms with Gasteiger partial charge in [0.1, 0.15) is 0 Å². The number of hydrogen-bond donors (Lipinski definition) is 1. The lowest BCUT2D eigenvalue weighted by Gasteiger charge is -2.38. The molecule has 1 N–H and O–H groups in total. The van der Waals surface area contributed by atoms with Gasteiger partial charge in [-0.25, -0.2) is 8.42 Å². The highest BCUT2D eigenvalue weighted by Gasteiger charge is 2.34. The molecule has 21 heavy (non-hydrogen) atoms. The van der Waals surface area contributed by atoms with E-state index in [1.54, 1.807) is 23.4 Å². The van der Waals surface area contributed by atoms with E-state index >= 15 is 0 Å². The molecule has 0 radical (unpaired) electrons. The first kappa shape index (κ1) is 16.0. The average molecular weight is 307 g/mol. The molecule has 0 unspecified atom stereocenters. The van der Waals surface area contributed by atoms with Crippen LogP contribution in [-0.4, -0.2) is 38.4 Å². The van der Waals surface area contributed by atoms with Gasteiger partial charge in [0.05, 0.1) is 16.5 Å². The minimum Gasteiger partial charge on any atom is -0.314 e. The van der Waals surface area contributed by atoms with Crippen LogP contribution in [0.4, 0.5) is 0 Å². The molecule has 5 nitrogen and oxygen atoms in total. The van der Waals surface area contributed by atoms with Gasteiger partial charge in [0.15, 0.2) is 0 Å². The number of nitriles is 1. The SMILES string of the molecule is CNC1(C)CCN(S(=O)(=O)c2ccc(C#N)cc2C)CC1. The van der Waals surface area contributed by atoms with Gasteiger partial charge >= 0.3 is 0 Å². The second-order valence-corrected chi connectivity index (χ2v) is 7.71. The van der Waals surface area contributed by atoms with Gasteiger partial charge in [-0.1, -0.05) is 0 Å². The molecule has 1 aromatic carbocycles. The summed E-state index contributed by atoms with van der Waals surface area (Å²) in [5.41, 5.74) is 1.11. The zero-order valence-corrected chi connectivity index (χ0v) is 13.5. The molecule has 0 amide bonds. The van der Waals surface area contributed by atoms with Crippen molar-refractivity contribution in [2.45, 2.75) is 37.1 Å². The van der Waals surface area contributed by atoms with Crippen molar-refractivity contribution in [3.63, 3.8) is 0 Å². The highest BCUT2D eigenvalue weighted by Crippen LogP contribution is 2.27. The van der Waals surface area contributed by atoms with E-state index in [0.29, 0.717) is 29.1 Å². The van der Waals surface area contributed by atoms with Crippen LogP contribution in [0.2, 0.25) is 0 Å². The predicted molar refractivity (Wildman–Crippen MR) is 81.4 cm³/mol. The summed E-state index contributed by atoms with van der Waals surface area (Å²) < 4.78 is 27.0. The first-order valence-corrected chi connectivity index (χ1v) is 8.46. The zero-order valence-electron chi connectivity index (χ0n) is 12.7. The fourth-order valence-corrected chi connectivity index (χ4v) is 4.26. The normalized spacial score (nSPS) is 19.1. The Labute approximate surface area is 126 Å². The average Bonchev–Trinajstić information content (AvgIpc) is 2.47. The molecule has 0 aliphatic carbocycles. The maximum atomic E-state index is 12.7. The van der Waals surface area contributed by atoms with Crippen LogP contribution in [0.25, 0.3) is 0 Å². The van der Waals surface area contributed by atoms with E-state index in [1.807, 2.05) is 13.1 Å². The van der Waals surface area contributed by atoms with Crippen LogP contribution in [-0.2, 0) is 10.0 Å². The molecule has 1 aromatic rings. The van der Waals surface area contributed by atoms with E-state index in [2.05, 4.69) is 12.2 Å². The van der Waals surface area contributed by atoms with E-state index in [-0.39, 0.29) is 5.54 Å². The molecule has 1 fully saturated rings. The molecular formula is C15H21N3O2S. The van der Waals surface area contributed by atoms with Crippen molar-refractivity contribution >= 4 is 10.0 Å². The number of aryl methyl sites for hydroxylation is 1. The monoisotopic (exact) mass is 307 g/mol. The van der Waals surface area contributed by atoms with E-state index in [0.717, 1.165) is 12.8 Å². The van der Waals surface area contributed by atoms with Crippen LogP contribution in [0.1, 0.15) is 30.9 Å². The molecule has 0 atom stereocenters. The molecule has 0 bridgehead atoms. The van der Waals surface area contributed by atoms with Crippen molar-refractivity contribution in [3.8, 4) is 6.07 Å². The number of benzene rings is 1. The fraction of sp³-hybridized carbons (Fsp3) is 0.533. The first-order valence-electron chi connectivity index (χ1n) is 7.02. The third kappa shape index (κ3) is 3.10. The number of hydrogen-bond acceptors (Lipinski definition) is 4. The number of rotatable bonds is 3. The topological polar surface area (TPSA) is 73.2 Å². The molecule has 1 heterocycles. The zero-order chi connectivity index (χ0) is 15.7. The molecule has 0 saturated carbocycles. The summed E-state index contributed by atoms with van der Waals surface area (Å²) in [5.74, 6) is 0. The van der Waals surface area contributed by atoms with E-state index < -0.39 is 10.0 Å². The van der Waals surface area contributed by atoms with Gasteiger partial charge in [0.2, 0.25) is 10.0 Å². The van der Waals surface area contributed by atoms with Crippen LogP contribution in [0.15, 0.2) is 23.1 Å². The number of nitrogens with zero attached hydrogens (tertiary/aromatic N) is 2. The summed E-state index contributed by atoms with van der Waals surface area (Å²) in [6.45, 7) is 4.87. The van der Waals surface area contributed by atoms with Gasteiger partial charge in [-0.05, 0) is 57.5 Å². The van der Waals surface area contributed by atoms with Gasteiger partial charge in [-0.2, -0.15) is 9.57 Å². The van der Waals surface area contributed by atoms with Gasteiger partial charge in [0.25, 0.3) is 0 Å². The lowest BCUT2D eigenvalue weighted by Crippen LogP contribution is -2.51. The Morgan fingerprint density at radius 3 is 2.43 bits per heavy atom. The molecule has 114 valence electrons. The Kier molecular flexibility index (Phi) is 4.38. The predicted octanol–water partition coefficient (Wildman–Crippen LogP) is 1.63. The van der Waals surface area contributed by atoms with E-state index in [1.165, 1.54) is 6.07 Å². The lowest BCUT2D eigenvalue weighted by atomic mass is 9.91. The summed E-state index contributed by atoms with van der Waals surface area (Å²) in [6, 6.07) is 6.74. The molecule has 0 spiro atoms. The largest absolute Gasteiger partial charge is 0.314 e. The van der Waals surface area contributed by atoms with Crippen LogP contribution < -0.4 is 5.32 Å². The minimum absolute atomic E-state index is 0.00568. The van der Waals surface area contributed by atoms with Crippen molar-refractivity contribution in [2.75, 3.05) is 20.1 Å². The summed E-state index contributed by atoms with van der Waals surface area (Å²) in [6.07, 6.45) is 1.58. The summed E-state index contributed by atoms with van der Waals surface area (Å²) in [4.78, 5) is 0.301. The van der Waals surface area contributed by atoms with Crippen molar-refractivity contribution < 1.29 is 8.42 Å². The lowest BCUT2D eigenvalue weighted by molar-refractivity contribution is 0.219. The van der Waals surface area contributed by atoms with Gasteiger partial charge in [0, 0.05) is 18.6 Å². The second-order valence-electron chi connectivity index (χ2n) is 5.81. The summed E-state index contributed by atoms with van der Waals surface area (Å²) >= 11 is 0. The third-order valence-corrected chi connectivity index (χ3v) is 6.41. The number of piperidine rings is 1. The molecule has 1 aliphatic rings. The molecule has 2 rings (SSSR count). The smallest absolute Gasteiger partial charge is 0.243 e. The summed E-state index contributed by atoms with van der Waals surface area (Å²) in [7, 11) is -1.57. The highest BCUT2D eigenvalue weighted by molar-refractivity contribution is 7.89. The van der Waals surface area contributed by atoms with Crippen LogP contribution in [0, 0.1) is 18.3 Å². The molecule has 1 saturated heterocycles. The Morgan fingerprint density at radius 1 is 1.33 bits per heavy atom.